The molecule has 8 heteroatoms. The lowest BCUT2D eigenvalue weighted by atomic mass is 9.66. The van der Waals surface area contributed by atoms with E-state index in [2.05, 4.69) is 0 Å². The van der Waals surface area contributed by atoms with Gasteiger partial charge in [-0.05, 0) is 41.0 Å². The molecule has 0 spiro atoms. The second-order valence-corrected chi connectivity index (χ2v) is 7.54. The van der Waals surface area contributed by atoms with Crippen LogP contribution in [-0.2, 0) is 9.53 Å². The van der Waals surface area contributed by atoms with Crippen molar-refractivity contribution < 1.29 is 38.3 Å². The number of esters is 1. The average molecular weight is 414 g/mol. The van der Waals surface area contributed by atoms with Gasteiger partial charge in [-0.3, -0.25) is 4.79 Å². The molecule has 0 radical (unpaired) electrons. The number of carbonyl (C=O) groups excluding carboxylic acids is 1. The molecule has 158 valence electrons. The molecule has 2 aliphatic heterocycles. The van der Waals surface area contributed by atoms with Crippen LogP contribution in [0.3, 0.4) is 0 Å². The fourth-order valence-corrected chi connectivity index (χ4v) is 4.81. The minimum absolute atomic E-state index is 0.123. The standard InChI is InChI=1S/C22H22O8/c1-25-16-4-10(5-17(26-2)21(16)27-3)18-11-6-14-15(30-9-29-14)7-12(11)20(23)13-8-28-22(24)19(13)18/h4-7,13,18-20,23H,8-9H2,1-3H3/t13?,18-,19?,20?/m0/s1. The normalized spacial score (nSPS) is 25.9. The van der Waals surface area contributed by atoms with E-state index in [4.69, 9.17) is 28.4 Å². The zero-order chi connectivity index (χ0) is 21.0. The Labute approximate surface area is 173 Å². The Kier molecular flexibility index (Phi) is 4.39. The van der Waals surface area contributed by atoms with Crippen molar-refractivity contribution >= 4 is 5.97 Å². The molecule has 3 aliphatic rings. The molecular weight excluding hydrogens is 392 g/mol. The summed E-state index contributed by atoms with van der Waals surface area (Å²) >= 11 is 0. The third-order valence-corrected chi connectivity index (χ3v) is 6.19. The van der Waals surface area contributed by atoms with E-state index in [1.54, 1.807) is 20.3 Å². The summed E-state index contributed by atoms with van der Waals surface area (Å²) in [5.41, 5.74) is 2.30. The zero-order valence-corrected chi connectivity index (χ0v) is 16.8. The van der Waals surface area contributed by atoms with Crippen molar-refractivity contribution in [1.29, 1.82) is 0 Å². The zero-order valence-electron chi connectivity index (χ0n) is 16.8. The van der Waals surface area contributed by atoms with Crippen LogP contribution in [0.25, 0.3) is 0 Å². The van der Waals surface area contributed by atoms with Gasteiger partial charge in [-0.1, -0.05) is 0 Å². The van der Waals surface area contributed by atoms with Crippen molar-refractivity contribution in [2.45, 2.75) is 12.0 Å². The molecule has 0 amide bonds. The predicted octanol–water partition coefficient (Wildman–Crippen LogP) is 2.41. The van der Waals surface area contributed by atoms with Crippen LogP contribution in [0.1, 0.15) is 28.7 Å². The van der Waals surface area contributed by atoms with Crippen molar-refractivity contribution in [3.8, 4) is 28.7 Å². The number of hydrogen-bond donors (Lipinski definition) is 1. The summed E-state index contributed by atoms with van der Waals surface area (Å²) in [4.78, 5) is 12.7. The highest BCUT2D eigenvalue weighted by Gasteiger charge is 2.52. The number of aliphatic hydroxyl groups is 1. The van der Waals surface area contributed by atoms with Crippen LogP contribution in [-0.4, -0.2) is 45.8 Å². The highest BCUT2D eigenvalue weighted by atomic mass is 16.7. The first kappa shape index (κ1) is 18.9. The quantitative estimate of drug-likeness (QED) is 0.763. The minimum Gasteiger partial charge on any atom is -0.493 e. The van der Waals surface area contributed by atoms with Crippen LogP contribution in [0.4, 0.5) is 0 Å². The SMILES string of the molecule is COc1cc([C@H]2c3cc4c(cc3C(O)C3COC(=O)C32)OCO4)cc(OC)c1OC. The van der Waals surface area contributed by atoms with E-state index in [1.807, 2.05) is 18.2 Å². The van der Waals surface area contributed by atoms with Crippen LogP contribution in [0.5, 0.6) is 28.7 Å². The largest absolute Gasteiger partial charge is 0.493 e. The average Bonchev–Trinajstić information content (AvgIpc) is 3.38. The topological polar surface area (TPSA) is 92.7 Å². The summed E-state index contributed by atoms with van der Waals surface area (Å²) in [5, 5.41) is 11.0. The number of carbonyl (C=O) groups is 1. The van der Waals surface area contributed by atoms with Crippen molar-refractivity contribution in [1.82, 2.24) is 0 Å². The maximum Gasteiger partial charge on any atom is 0.310 e. The molecule has 8 nitrogen and oxygen atoms in total. The number of fused-ring (bicyclic) bond motifs is 3. The molecule has 30 heavy (non-hydrogen) atoms. The first-order valence-corrected chi connectivity index (χ1v) is 9.65. The van der Waals surface area contributed by atoms with Gasteiger partial charge in [-0.25, -0.2) is 0 Å². The van der Waals surface area contributed by atoms with Crippen molar-refractivity contribution in [3.05, 3.63) is 41.0 Å². The Morgan fingerprint density at radius 1 is 0.900 bits per heavy atom. The Morgan fingerprint density at radius 3 is 2.13 bits per heavy atom. The maximum absolute atomic E-state index is 12.7. The predicted molar refractivity (Wildman–Crippen MR) is 103 cm³/mol. The van der Waals surface area contributed by atoms with Gasteiger partial charge < -0.3 is 33.5 Å². The third-order valence-electron chi connectivity index (χ3n) is 6.19. The number of aliphatic hydroxyl groups excluding tert-OH is 1. The Morgan fingerprint density at radius 2 is 1.53 bits per heavy atom. The van der Waals surface area contributed by atoms with E-state index < -0.39 is 12.0 Å². The number of hydrogen-bond acceptors (Lipinski definition) is 8. The second-order valence-electron chi connectivity index (χ2n) is 7.54. The molecule has 2 heterocycles. The molecule has 0 saturated carbocycles. The number of cyclic esters (lactones) is 1. The minimum atomic E-state index is -0.843. The summed E-state index contributed by atoms with van der Waals surface area (Å²) < 4.78 is 32.9. The molecule has 0 bridgehead atoms. The number of ether oxygens (including phenoxy) is 6. The van der Waals surface area contributed by atoms with Gasteiger partial charge in [-0.2, -0.15) is 0 Å². The van der Waals surface area contributed by atoms with Gasteiger partial charge in [0.25, 0.3) is 0 Å². The molecular formula is C22H22O8. The lowest BCUT2D eigenvalue weighted by Gasteiger charge is -2.37. The smallest absolute Gasteiger partial charge is 0.310 e. The van der Waals surface area contributed by atoms with Gasteiger partial charge in [0.15, 0.2) is 23.0 Å². The van der Waals surface area contributed by atoms with Crippen LogP contribution in [0.15, 0.2) is 24.3 Å². The number of benzene rings is 2. The van der Waals surface area contributed by atoms with Gasteiger partial charge in [0.1, 0.15) is 0 Å². The van der Waals surface area contributed by atoms with Gasteiger partial charge in [0, 0.05) is 11.8 Å². The first-order valence-electron chi connectivity index (χ1n) is 9.65. The number of methoxy groups -OCH3 is 3. The molecule has 4 atom stereocenters. The lowest BCUT2D eigenvalue weighted by Crippen LogP contribution is -2.34. The second kappa shape index (κ2) is 6.98. The van der Waals surface area contributed by atoms with Crippen LogP contribution in [0, 0.1) is 11.8 Å². The van der Waals surface area contributed by atoms with E-state index in [0.29, 0.717) is 34.3 Å². The highest BCUT2D eigenvalue weighted by molar-refractivity contribution is 5.79. The Hall–Kier alpha value is -3.13. The van der Waals surface area contributed by atoms with Crippen molar-refractivity contribution in [2.75, 3.05) is 34.7 Å². The monoisotopic (exact) mass is 414 g/mol. The summed E-state index contributed by atoms with van der Waals surface area (Å²) in [6, 6.07) is 7.31. The van der Waals surface area contributed by atoms with Crippen LogP contribution in [0.2, 0.25) is 0 Å². The Balaban J connectivity index is 1.74. The number of rotatable bonds is 4. The lowest BCUT2D eigenvalue weighted by molar-refractivity contribution is -0.141. The molecule has 2 aromatic carbocycles. The fourth-order valence-electron chi connectivity index (χ4n) is 4.81. The van der Waals surface area contributed by atoms with E-state index in [0.717, 1.165) is 11.1 Å². The molecule has 1 fully saturated rings. The first-order chi connectivity index (χ1) is 14.6. The Bertz CT molecular complexity index is 991. The fraction of sp³-hybridized carbons (Fsp3) is 0.409. The van der Waals surface area contributed by atoms with Crippen molar-refractivity contribution in [3.63, 3.8) is 0 Å². The maximum atomic E-state index is 12.7. The van der Waals surface area contributed by atoms with Gasteiger partial charge in [-0.15, -0.1) is 0 Å². The summed E-state index contributed by atoms with van der Waals surface area (Å²) in [6.45, 7) is 0.289. The van der Waals surface area contributed by atoms with E-state index in [9.17, 15) is 9.90 Å². The van der Waals surface area contributed by atoms with E-state index in [1.165, 1.54) is 7.11 Å². The van der Waals surface area contributed by atoms with E-state index >= 15 is 0 Å². The van der Waals surface area contributed by atoms with Crippen molar-refractivity contribution in [2.24, 2.45) is 11.8 Å². The molecule has 1 aliphatic carbocycles. The molecule has 1 N–H and O–H groups in total. The van der Waals surface area contributed by atoms with Gasteiger partial charge >= 0.3 is 5.97 Å². The highest BCUT2D eigenvalue weighted by Crippen LogP contribution is 2.55. The molecule has 1 saturated heterocycles. The van der Waals surface area contributed by atoms with E-state index in [-0.39, 0.29) is 31.2 Å². The summed E-state index contributed by atoms with van der Waals surface area (Å²) in [7, 11) is 4.63. The molecule has 3 unspecified atom stereocenters. The molecule has 0 aromatic heterocycles. The molecule has 2 aromatic rings. The van der Waals surface area contributed by atoms with Gasteiger partial charge in [0.05, 0.1) is 40.0 Å². The third kappa shape index (κ3) is 2.60. The molecule has 5 rings (SSSR count). The summed E-state index contributed by atoms with van der Waals surface area (Å²) in [5.74, 6) is 0.989. The van der Waals surface area contributed by atoms with Gasteiger partial charge in [0.2, 0.25) is 12.5 Å². The summed E-state index contributed by atoms with van der Waals surface area (Å²) in [6.07, 6.45) is -0.843. The van der Waals surface area contributed by atoms with Crippen LogP contribution < -0.4 is 23.7 Å². The van der Waals surface area contributed by atoms with Crippen LogP contribution >= 0.6 is 0 Å².